The van der Waals surface area contributed by atoms with Crippen LogP contribution in [0.2, 0.25) is 5.15 Å². The molecule has 2 aromatic heterocycles. The maximum absolute atomic E-state index is 12.6. The fourth-order valence-corrected chi connectivity index (χ4v) is 4.58. The number of hydrogen-bond acceptors (Lipinski definition) is 7. The van der Waals surface area contributed by atoms with Crippen LogP contribution in [0, 0.1) is 0 Å². The van der Waals surface area contributed by atoms with Crippen LogP contribution in [0.5, 0.6) is 0 Å². The minimum atomic E-state index is -1.09. The fourth-order valence-electron chi connectivity index (χ4n) is 3.10. The Morgan fingerprint density at radius 2 is 2.03 bits per heavy atom. The van der Waals surface area contributed by atoms with Crippen molar-refractivity contribution in [1.82, 2.24) is 4.98 Å². The zero-order chi connectivity index (χ0) is 21.0. The van der Waals surface area contributed by atoms with Crippen molar-refractivity contribution in [1.29, 1.82) is 0 Å². The molecule has 2 heterocycles. The molecule has 1 amide bonds. The summed E-state index contributed by atoms with van der Waals surface area (Å²) in [6.45, 7) is 3.44. The van der Waals surface area contributed by atoms with Crippen LogP contribution < -0.4 is 5.32 Å². The average molecular weight is 437 g/mol. The number of rotatable bonds is 6. The van der Waals surface area contributed by atoms with Gasteiger partial charge in [0.05, 0.1) is 17.7 Å². The van der Waals surface area contributed by atoms with Crippen LogP contribution in [0.4, 0.5) is 5.00 Å². The van der Waals surface area contributed by atoms with Gasteiger partial charge in [0.15, 0.2) is 6.10 Å². The van der Waals surface area contributed by atoms with Gasteiger partial charge in [0.25, 0.3) is 5.91 Å². The van der Waals surface area contributed by atoms with Gasteiger partial charge in [0.1, 0.15) is 10.2 Å². The van der Waals surface area contributed by atoms with Crippen molar-refractivity contribution < 1.29 is 23.9 Å². The Bertz CT molecular complexity index is 943. The van der Waals surface area contributed by atoms with Gasteiger partial charge in [-0.1, -0.05) is 11.6 Å². The summed E-state index contributed by atoms with van der Waals surface area (Å²) in [7, 11) is 0. The van der Waals surface area contributed by atoms with Gasteiger partial charge in [0, 0.05) is 11.1 Å². The molecule has 0 spiro atoms. The highest BCUT2D eigenvalue weighted by Gasteiger charge is 2.29. The van der Waals surface area contributed by atoms with Gasteiger partial charge in [-0.2, -0.15) is 0 Å². The number of halogens is 1. The van der Waals surface area contributed by atoms with E-state index in [1.165, 1.54) is 30.5 Å². The van der Waals surface area contributed by atoms with Gasteiger partial charge in [-0.05, 0) is 57.2 Å². The van der Waals surface area contributed by atoms with E-state index in [1.807, 2.05) is 0 Å². The highest BCUT2D eigenvalue weighted by atomic mass is 35.5. The Kier molecular flexibility index (Phi) is 6.87. The van der Waals surface area contributed by atoms with E-state index in [0.717, 1.165) is 36.1 Å². The molecule has 0 fully saturated rings. The summed E-state index contributed by atoms with van der Waals surface area (Å²) in [6, 6.07) is 3.02. The largest absolute Gasteiger partial charge is 0.462 e. The first-order valence-corrected chi connectivity index (χ1v) is 10.6. The summed E-state index contributed by atoms with van der Waals surface area (Å²) in [4.78, 5) is 42.3. The Morgan fingerprint density at radius 3 is 2.76 bits per heavy atom. The Morgan fingerprint density at radius 1 is 1.28 bits per heavy atom. The van der Waals surface area contributed by atoms with E-state index in [0.29, 0.717) is 10.6 Å². The molecule has 29 heavy (non-hydrogen) atoms. The monoisotopic (exact) mass is 436 g/mol. The number of thiophene rings is 1. The van der Waals surface area contributed by atoms with Gasteiger partial charge in [0.2, 0.25) is 0 Å². The van der Waals surface area contributed by atoms with E-state index in [4.69, 9.17) is 21.1 Å². The van der Waals surface area contributed by atoms with Crippen molar-refractivity contribution in [2.75, 3.05) is 11.9 Å². The molecule has 0 bridgehead atoms. The molecule has 7 nitrogen and oxygen atoms in total. The second kappa shape index (κ2) is 9.37. The molecular weight excluding hydrogens is 416 g/mol. The number of hydrogen-bond donors (Lipinski definition) is 1. The molecule has 1 aliphatic rings. The molecular formula is C20H21ClN2O5S. The third-order valence-electron chi connectivity index (χ3n) is 4.52. The lowest BCUT2D eigenvalue weighted by Crippen LogP contribution is -2.30. The van der Waals surface area contributed by atoms with E-state index in [9.17, 15) is 14.4 Å². The average Bonchev–Trinajstić information content (AvgIpc) is 3.06. The van der Waals surface area contributed by atoms with E-state index in [2.05, 4.69) is 10.3 Å². The van der Waals surface area contributed by atoms with Gasteiger partial charge < -0.3 is 14.8 Å². The lowest BCUT2D eigenvalue weighted by atomic mass is 9.95. The quantitative estimate of drug-likeness (QED) is 0.542. The van der Waals surface area contributed by atoms with Gasteiger partial charge >= 0.3 is 11.9 Å². The van der Waals surface area contributed by atoms with Crippen molar-refractivity contribution in [3.63, 3.8) is 0 Å². The number of esters is 2. The number of anilines is 1. The van der Waals surface area contributed by atoms with Crippen LogP contribution in [-0.4, -0.2) is 35.5 Å². The van der Waals surface area contributed by atoms with Crippen molar-refractivity contribution >= 4 is 45.8 Å². The number of carbonyl (C=O) groups is 3. The first kappa shape index (κ1) is 21.3. The van der Waals surface area contributed by atoms with Crippen molar-refractivity contribution in [3.8, 4) is 0 Å². The Balaban J connectivity index is 1.76. The maximum Gasteiger partial charge on any atom is 0.342 e. The number of amides is 1. The third kappa shape index (κ3) is 4.76. The molecule has 2 aromatic rings. The second-order valence-corrected chi connectivity index (χ2v) is 7.98. The first-order chi connectivity index (χ1) is 13.9. The summed E-state index contributed by atoms with van der Waals surface area (Å²) in [5, 5.41) is 3.16. The minimum absolute atomic E-state index is 0.000590. The summed E-state index contributed by atoms with van der Waals surface area (Å²) in [6.07, 6.45) is 4.04. The number of fused-ring (bicyclic) bond motifs is 1. The Labute approximate surface area is 177 Å². The highest BCUT2D eigenvalue weighted by molar-refractivity contribution is 7.17. The van der Waals surface area contributed by atoms with Crippen LogP contribution >= 0.6 is 22.9 Å². The van der Waals surface area contributed by atoms with E-state index in [-0.39, 0.29) is 17.3 Å². The van der Waals surface area contributed by atoms with Gasteiger partial charge in [-0.3, -0.25) is 4.79 Å². The van der Waals surface area contributed by atoms with Crippen molar-refractivity contribution in [2.24, 2.45) is 0 Å². The first-order valence-electron chi connectivity index (χ1n) is 9.36. The smallest absolute Gasteiger partial charge is 0.342 e. The molecule has 1 aliphatic carbocycles. The predicted molar refractivity (Wildman–Crippen MR) is 110 cm³/mol. The molecule has 9 heteroatoms. The summed E-state index contributed by atoms with van der Waals surface area (Å²) in [5.74, 6) is -1.74. The highest BCUT2D eigenvalue weighted by Crippen LogP contribution is 2.38. The van der Waals surface area contributed by atoms with Crippen LogP contribution in [0.1, 0.15) is 57.8 Å². The van der Waals surface area contributed by atoms with Crippen LogP contribution in [0.3, 0.4) is 0 Å². The molecule has 0 radical (unpaired) electrons. The normalized spacial score (nSPS) is 13.9. The number of ether oxygens (including phenoxy) is 2. The van der Waals surface area contributed by atoms with Crippen LogP contribution in [0.15, 0.2) is 18.3 Å². The standard InChI is InChI=1S/C20H21ClN2O5S/c1-3-27-20(26)15-12-7-4-5-9-14(12)29-18(15)23-17(24)11(2)28-19(25)13-8-6-10-22-16(13)21/h6,8,10-11H,3-5,7,9H2,1-2H3,(H,23,24)/t11-/m1/s1. The molecule has 3 rings (SSSR count). The number of aromatic nitrogens is 1. The molecule has 1 atom stereocenters. The van der Waals surface area contributed by atoms with Crippen molar-refractivity contribution in [3.05, 3.63) is 45.1 Å². The minimum Gasteiger partial charge on any atom is -0.462 e. The zero-order valence-electron chi connectivity index (χ0n) is 16.1. The zero-order valence-corrected chi connectivity index (χ0v) is 17.7. The molecule has 0 unspecified atom stereocenters. The van der Waals surface area contributed by atoms with E-state index in [1.54, 1.807) is 13.0 Å². The topological polar surface area (TPSA) is 94.6 Å². The third-order valence-corrected chi connectivity index (χ3v) is 6.03. The van der Waals surface area contributed by atoms with E-state index >= 15 is 0 Å². The number of pyridine rings is 1. The second-order valence-electron chi connectivity index (χ2n) is 6.51. The molecule has 154 valence electrons. The predicted octanol–water partition coefficient (Wildman–Crippen LogP) is 4.04. The molecule has 0 aromatic carbocycles. The number of carbonyl (C=O) groups excluding carboxylic acids is 3. The molecule has 0 saturated heterocycles. The molecule has 0 aliphatic heterocycles. The number of aryl methyl sites for hydroxylation is 1. The maximum atomic E-state index is 12.6. The SMILES string of the molecule is CCOC(=O)c1c(NC(=O)[C@@H](C)OC(=O)c2cccnc2Cl)sc2c1CCCC2. The molecule has 1 N–H and O–H groups in total. The van der Waals surface area contributed by atoms with Crippen LogP contribution in [0.25, 0.3) is 0 Å². The number of nitrogens with zero attached hydrogens (tertiary/aromatic N) is 1. The van der Waals surface area contributed by atoms with Gasteiger partial charge in [-0.15, -0.1) is 11.3 Å². The number of nitrogens with one attached hydrogen (secondary N) is 1. The van der Waals surface area contributed by atoms with Crippen molar-refractivity contribution in [2.45, 2.75) is 45.6 Å². The lowest BCUT2D eigenvalue weighted by molar-refractivity contribution is -0.123. The van der Waals surface area contributed by atoms with Crippen LogP contribution in [-0.2, 0) is 27.1 Å². The molecule has 0 saturated carbocycles. The summed E-state index contributed by atoms with van der Waals surface area (Å²) < 4.78 is 10.4. The lowest BCUT2D eigenvalue weighted by Gasteiger charge is -2.14. The van der Waals surface area contributed by atoms with Gasteiger partial charge in [-0.25, -0.2) is 14.6 Å². The Hall–Kier alpha value is -2.45. The van der Waals surface area contributed by atoms with E-state index < -0.39 is 23.9 Å². The summed E-state index contributed by atoms with van der Waals surface area (Å²) in [5.41, 5.74) is 1.43. The fraction of sp³-hybridized carbons (Fsp3) is 0.400. The summed E-state index contributed by atoms with van der Waals surface area (Å²) >= 11 is 7.27.